The minimum atomic E-state index is -0.293. The van der Waals surface area contributed by atoms with E-state index in [-0.39, 0.29) is 18.4 Å². The van der Waals surface area contributed by atoms with Crippen LogP contribution in [0, 0.1) is 18.8 Å². The molecule has 1 rings (SSSR count). The predicted molar refractivity (Wildman–Crippen MR) is 107 cm³/mol. The fraction of sp³-hybridized carbons (Fsp3) is 0.526. The van der Waals surface area contributed by atoms with Crippen LogP contribution < -0.4 is 21.8 Å². The Kier molecular flexibility index (Phi) is 16.6. The second-order valence-electron chi connectivity index (χ2n) is 6.56. The van der Waals surface area contributed by atoms with Crippen LogP contribution >= 0.6 is 0 Å². The molecule has 27 heavy (non-hydrogen) atoms. The van der Waals surface area contributed by atoms with Crippen molar-refractivity contribution in [2.75, 3.05) is 19.3 Å². The van der Waals surface area contributed by atoms with Crippen LogP contribution in [0.2, 0.25) is 0 Å². The zero-order valence-corrected chi connectivity index (χ0v) is 16.9. The maximum atomic E-state index is 10.6. The number of likely N-dealkylation sites (N-methyl/N-ethyl adjacent to an activating group) is 1. The van der Waals surface area contributed by atoms with Crippen molar-refractivity contribution in [2.45, 2.75) is 40.5 Å². The minimum absolute atomic E-state index is 0.0556. The van der Waals surface area contributed by atoms with Crippen molar-refractivity contribution >= 4 is 23.9 Å². The molecule has 0 aliphatic rings. The Bertz CT molecular complexity index is 512. The number of nitrogen functional groups attached to an aromatic ring is 1. The number of nitrogens with one attached hydrogen (secondary N) is 3. The first-order valence-electron chi connectivity index (χ1n) is 8.78. The molecule has 1 unspecified atom stereocenters. The van der Waals surface area contributed by atoms with Gasteiger partial charge in [0.05, 0.1) is 6.54 Å². The van der Waals surface area contributed by atoms with Gasteiger partial charge in [0.25, 0.3) is 0 Å². The van der Waals surface area contributed by atoms with E-state index in [0.717, 1.165) is 12.1 Å². The van der Waals surface area contributed by atoms with Crippen LogP contribution in [-0.4, -0.2) is 37.0 Å². The molecular weight excluding hydrogens is 348 g/mol. The molecule has 0 saturated carbocycles. The van der Waals surface area contributed by atoms with Gasteiger partial charge < -0.3 is 16.4 Å². The fourth-order valence-electron chi connectivity index (χ4n) is 2.04. The van der Waals surface area contributed by atoms with Crippen LogP contribution in [-0.2, 0) is 14.4 Å². The molecule has 1 aromatic carbocycles. The molecular formula is C19H34N4O4. The minimum Gasteiger partial charge on any atom is -0.399 e. The van der Waals surface area contributed by atoms with Crippen molar-refractivity contribution in [3.8, 4) is 0 Å². The Labute approximate surface area is 161 Å². The van der Waals surface area contributed by atoms with E-state index in [9.17, 15) is 14.4 Å². The quantitative estimate of drug-likeness (QED) is 0.211. The number of amides is 3. The van der Waals surface area contributed by atoms with Gasteiger partial charge in [0.2, 0.25) is 18.2 Å². The Hall–Kier alpha value is -2.61. The Morgan fingerprint density at radius 1 is 1.15 bits per heavy atom. The zero-order chi connectivity index (χ0) is 21.2. The molecule has 8 heteroatoms. The van der Waals surface area contributed by atoms with Crippen molar-refractivity contribution in [1.29, 1.82) is 0 Å². The van der Waals surface area contributed by atoms with Crippen molar-refractivity contribution in [3.63, 3.8) is 0 Å². The smallest absolute Gasteiger partial charge is 0.243 e. The SMILES string of the molecule is CC(C)CC(C)CC(=O)NO.CNC(=O)CNC=O.Cc1ccc(N)cc1. The van der Waals surface area contributed by atoms with E-state index in [2.05, 4.69) is 24.5 Å². The number of hydrogen-bond donors (Lipinski definition) is 5. The van der Waals surface area contributed by atoms with Gasteiger partial charge in [0, 0.05) is 19.2 Å². The van der Waals surface area contributed by atoms with Crippen molar-refractivity contribution in [2.24, 2.45) is 11.8 Å². The number of hydrogen-bond acceptors (Lipinski definition) is 5. The molecule has 0 aliphatic carbocycles. The molecule has 8 nitrogen and oxygen atoms in total. The number of hydroxylamine groups is 1. The number of aryl methyl sites for hydroxylation is 1. The number of nitrogens with two attached hydrogens (primary N) is 1. The fourth-order valence-corrected chi connectivity index (χ4v) is 2.04. The first-order chi connectivity index (χ1) is 12.7. The molecule has 3 amide bonds. The Morgan fingerprint density at radius 3 is 2.07 bits per heavy atom. The summed E-state index contributed by atoms with van der Waals surface area (Å²) >= 11 is 0. The average molecular weight is 383 g/mol. The summed E-state index contributed by atoms with van der Waals surface area (Å²) in [5.74, 6) is 0.467. The van der Waals surface area contributed by atoms with Crippen LogP contribution in [0.1, 0.15) is 39.2 Å². The Balaban J connectivity index is 0. The normalized spacial score (nSPS) is 10.3. The third kappa shape index (κ3) is 19.6. The number of carbonyl (C=O) groups is 3. The van der Waals surface area contributed by atoms with E-state index in [4.69, 9.17) is 10.9 Å². The van der Waals surface area contributed by atoms with Crippen molar-refractivity contribution in [3.05, 3.63) is 29.8 Å². The number of anilines is 1. The van der Waals surface area contributed by atoms with Crippen LogP contribution in [0.3, 0.4) is 0 Å². The number of carbonyl (C=O) groups excluding carboxylic acids is 3. The molecule has 0 heterocycles. The second-order valence-corrected chi connectivity index (χ2v) is 6.56. The van der Waals surface area contributed by atoms with Crippen LogP contribution in [0.15, 0.2) is 24.3 Å². The van der Waals surface area contributed by atoms with Gasteiger partial charge in [0.1, 0.15) is 0 Å². The molecule has 154 valence electrons. The summed E-state index contributed by atoms with van der Waals surface area (Å²) in [7, 11) is 1.51. The van der Waals surface area contributed by atoms with E-state index in [1.807, 2.05) is 38.1 Å². The van der Waals surface area contributed by atoms with E-state index in [1.165, 1.54) is 12.6 Å². The van der Waals surface area contributed by atoms with Gasteiger partial charge in [-0.25, -0.2) is 5.48 Å². The molecule has 6 N–H and O–H groups in total. The number of rotatable bonds is 7. The number of benzene rings is 1. The van der Waals surface area contributed by atoms with Crippen molar-refractivity contribution in [1.82, 2.24) is 16.1 Å². The van der Waals surface area contributed by atoms with Crippen LogP contribution in [0.4, 0.5) is 5.69 Å². The summed E-state index contributed by atoms with van der Waals surface area (Å²) in [6.07, 6.45) is 1.91. The summed E-state index contributed by atoms with van der Waals surface area (Å²) in [5, 5.41) is 12.8. The van der Waals surface area contributed by atoms with Gasteiger partial charge >= 0.3 is 0 Å². The summed E-state index contributed by atoms with van der Waals surface area (Å²) in [5.41, 5.74) is 9.14. The first-order valence-corrected chi connectivity index (χ1v) is 8.78. The highest BCUT2D eigenvalue weighted by Crippen LogP contribution is 2.13. The average Bonchev–Trinajstić information content (AvgIpc) is 2.62. The predicted octanol–water partition coefficient (Wildman–Crippen LogP) is 1.62. The monoisotopic (exact) mass is 382 g/mol. The second kappa shape index (κ2) is 16.8. The van der Waals surface area contributed by atoms with E-state index in [1.54, 1.807) is 5.48 Å². The van der Waals surface area contributed by atoms with Gasteiger partial charge in [-0.3, -0.25) is 19.6 Å². The lowest BCUT2D eigenvalue weighted by Crippen LogP contribution is -2.30. The zero-order valence-electron chi connectivity index (χ0n) is 16.9. The molecule has 1 atom stereocenters. The third-order valence-corrected chi connectivity index (χ3v) is 3.23. The van der Waals surface area contributed by atoms with Crippen molar-refractivity contribution < 1.29 is 19.6 Å². The molecule has 0 fully saturated rings. The molecule has 1 aromatic rings. The lowest BCUT2D eigenvalue weighted by molar-refractivity contribution is -0.130. The molecule has 0 radical (unpaired) electrons. The molecule has 0 aromatic heterocycles. The highest BCUT2D eigenvalue weighted by Gasteiger charge is 2.09. The van der Waals surface area contributed by atoms with E-state index in [0.29, 0.717) is 24.7 Å². The van der Waals surface area contributed by atoms with Gasteiger partial charge in [-0.05, 0) is 37.3 Å². The van der Waals surface area contributed by atoms with Crippen LogP contribution in [0.25, 0.3) is 0 Å². The third-order valence-electron chi connectivity index (χ3n) is 3.23. The van der Waals surface area contributed by atoms with Gasteiger partial charge in [-0.15, -0.1) is 0 Å². The van der Waals surface area contributed by atoms with E-state index < -0.39 is 0 Å². The van der Waals surface area contributed by atoms with Crippen LogP contribution in [0.5, 0.6) is 0 Å². The molecule has 0 saturated heterocycles. The Morgan fingerprint density at radius 2 is 1.70 bits per heavy atom. The topological polar surface area (TPSA) is 134 Å². The lowest BCUT2D eigenvalue weighted by atomic mass is 9.96. The summed E-state index contributed by atoms with van der Waals surface area (Å²) in [6, 6.07) is 7.79. The summed E-state index contributed by atoms with van der Waals surface area (Å²) in [6.45, 7) is 8.34. The van der Waals surface area contributed by atoms with Gasteiger partial charge in [-0.1, -0.05) is 38.5 Å². The largest absolute Gasteiger partial charge is 0.399 e. The molecule has 0 spiro atoms. The van der Waals surface area contributed by atoms with E-state index >= 15 is 0 Å². The highest BCUT2D eigenvalue weighted by molar-refractivity contribution is 5.79. The molecule has 0 bridgehead atoms. The summed E-state index contributed by atoms with van der Waals surface area (Å²) < 4.78 is 0. The first kappa shape index (κ1) is 26.6. The maximum absolute atomic E-state index is 10.6. The molecule has 0 aliphatic heterocycles. The van der Waals surface area contributed by atoms with Gasteiger partial charge in [-0.2, -0.15) is 0 Å². The van der Waals surface area contributed by atoms with Gasteiger partial charge in [0.15, 0.2) is 0 Å². The standard InChI is InChI=1S/C8H17NO2.C7H9N.C4H8N2O2/c1-6(2)4-7(3)5-8(10)9-11;1-6-2-4-7(8)5-3-6;1-5-4(8)2-6-3-7/h6-7,11H,4-5H2,1-3H3,(H,9,10);2-5H,8H2,1H3;3H,2H2,1H3,(H,5,8)(H,6,7). The highest BCUT2D eigenvalue weighted by atomic mass is 16.5. The maximum Gasteiger partial charge on any atom is 0.243 e. The lowest BCUT2D eigenvalue weighted by Gasteiger charge is -2.11. The summed E-state index contributed by atoms with van der Waals surface area (Å²) in [4.78, 5) is 30.4.